The van der Waals surface area contributed by atoms with Crippen molar-refractivity contribution in [1.82, 2.24) is 9.78 Å². The van der Waals surface area contributed by atoms with Crippen molar-refractivity contribution in [3.8, 4) is 22.7 Å². The van der Waals surface area contributed by atoms with Crippen LogP contribution in [0.1, 0.15) is 10.5 Å². The summed E-state index contributed by atoms with van der Waals surface area (Å²) >= 11 is 6.03. The van der Waals surface area contributed by atoms with Crippen LogP contribution in [0.3, 0.4) is 0 Å². The maximum absolute atomic E-state index is 13.9. The number of rotatable bonds is 4. The number of hydrogen-bond acceptors (Lipinski definition) is 4. The lowest BCUT2D eigenvalue weighted by Crippen LogP contribution is -2.49. The number of ether oxygens (including phenoxy) is 1. The number of nitrogens with zero attached hydrogens (tertiary/aromatic N) is 3. The number of nitrogens with two attached hydrogens (primary N) is 1. The molecule has 0 saturated carbocycles. The van der Waals surface area contributed by atoms with Gasteiger partial charge in [-0.1, -0.05) is 54.1 Å². The van der Waals surface area contributed by atoms with E-state index in [-0.39, 0.29) is 12.5 Å². The molecule has 2 amide bonds. The molecule has 4 aromatic rings. The fourth-order valence-corrected chi connectivity index (χ4v) is 3.90. The Morgan fingerprint density at radius 3 is 2.39 bits per heavy atom. The zero-order chi connectivity index (χ0) is 22.9. The lowest BCUT2D eigenvalue weighted by molar-refractivity contribution is -0.124. The first-order chi connectivity index (χ1) is 16.0. The van der Waals surface area contributed by atoms with Gasteiger partial charge in [-0.25, -0.2) is 4.68 Å². The van der Waals surface area contributed by atoms with Gasteiger partial charge in [-0.05, 0) is 42.5 Å². The van der Waals surface area contributed by atoms with Gasteiger partial charge >= 0.3 is 0 Å². The number of primary amides is 1. The van der Waals surface area contributed by atoms with Crippen molar-refractivity contribution in [2.24, 2.45) is 5.73 Å². The maximum atomic E-state index is 13.9. The zero-order valence-corrected chi connectivity index (χ0v) is 18.1. The topological polar surface area (TPSA) is 90.5 Å². The summed E-state index contributed by atoms with van der Waals surface area (Å²) in [6.07, 6.45) is -0.951. The smallest absolute Gasteiger partial charge is 0.277 e. The molecule has 0 bridgehead atoms. The number of hydrogen-bond donors (Lipinski definition) is 1. The fourth-order valence-electron chi connectivity index (χ4n) is 3.77. The van der Waals surface area contributed by atoms with Crippen molar-refractivity contribution in [3.63, 3.8) is 0 Å². The Labute approximate surface area is 195 Å². The molecule has 1 atom stereocenters. The van der Waals surface area contributed by atoms with Gasteiger partial charge in [0.2, 0.25) is 0 Å². The number of halogens is 1. The summed E-state index contributed by atoms with van der Waals surface area (Å²) in [4.78, 5) is 27.3. The molecular weight excluding hydrogens is 440 g/mol. The average molecular weight is 459 g/mol. The molecular formula is C25H19ClN4O3. The van der Waals surface area contributed by atoms with E-state index in [1.165, 1.54) is 4.90 Å². The first-order valence-electron chi connectivity index (χ1n) is 10.3. The van der Waals surface area contributed by atoms with E-state index in [9.17, 15) is 9.59 Å². The minimum Gasteiger partial charge on any atom is -0.477 e. The Morgan fingerprint density at radius 1 is 0.970 bits per heavy atom. The molecule has 0 spiro atoms. The number of benzene rings is 3. The quantitative estimate of drug-likeness (QED) is 0.498. The Hall–Kier alpha value is -4.10. The first kappa shape index (κ1) is 20.8. The molecule has 1 aliphatic rings. The second-order valence-corrected chi connectivity index (χ2v) is 8.00. The van der Waals surface area contributed by atoms with Crippen molar-refractivity contribution >= 4 is 29.1 Å². The molecule has 3 aromatic carbocycles. The van der Waals surface area contributed by atoms with E-state index in [2.05, 4.69) is 0 Å². The van der Waals surface area contributed by atoms with E-state index in [1.54, 1.807) is 47.1 Å². The van der Waals surface area contributed by atoms with Crippen LogP contribution in [0.25, 0.3) is 16.9 Å². The number of anilines is 1. The molecule has 0 unspecified atom stereocenters. The van der Waals surface area contributed by atoms with Gasteiger partial charge in [0.05, 0.1) is 23.6 Å². The van der Waals surface area contributed by atoms with Crippen LogP contribution in [0.15, 0.2) is 84.9 Å². The zero-order valence-electron chi connectivity index (χ0n) is 17.4. The fraction of sp³-hybridized carbons (Fsp3) is 0.0800. The molecule has 1 aliphatic heterocycles. The predicted octanol–water partition coefficient (Wildman–Crippen LogP) is 4.09. The lowest BCUT2D eigenvalue weighted by Gasteiger charge is -2.33. The first-order valence-corrected chi connectivity index (χ1v) is 10.7. The second kappa shape index (κ2) is 8.44. The third kappa shape index (κ3) is 3.94. The minimum atomic E-state index is -0.951. The highest BCUT2D eigenvalue weighted by molar-refractivity contribution is 6.30. The van der Waals surface area contributed by atoms with Gasteiger partial charge < -0.3 is 10.5 Å². The van der Waals surface area contributed by atoms with Crippen LogP contribution < -0.4 is 15.4 Å². The van der Waals surface area contributed by atoms with Crippen molar-refractivity contribution in [1.29, 1.82) is 0 Å². The van der Waals surface area contributed by atoms with Crippen LogP contribution in [-0.4, -0.2) is 34.2 Å². The van der Waals surface area contributed by atoms with Gasteiger partial charge in [0.1, 0.15) is 11.4 Å². The number of carbonyl (C=O) groups excluding carboxylic acids is 2. The second-order valence-electron chi connectivity index (χ2n) is 7.56. The Bertz CT molecular complexity index is 1340. The standard InChI is InChI=1S/C25H19ClN4O3/c26-17-12-10-16(11-13-17)19-14-21(30(28-19)18-6-2-1-3-7-18)25(32)29-15-23(24(27)31)33-22-9-5-4-8-20(22)29/h1-14,23H,15H2,(H2,27,31)/t23-/m1/s1. The van der Waals surface area contributed by atoms with E-state index in [4.69, 9.17) is 27.2 Å². The molecule has 164 valence electrons. The molecule has 2 heterocycles. The molecule has 2 N–H and O–H groups in total. The number of carbonyl (C=O) groups is 2. The van der Waals surface area contributed by atoms with Crippen LogP contribution in [-0.2, 0) is 4.79 Å². The SMILES string of the molecule is NC(=O)[C@H]1CN(C(=O)c2cc(-c3ccc(Cl)cc3)nn2-c2ccccc2)c2ccccc2O1. The van der Waals surface area contributed by atoms with E-state index in [0.717, 1.165) is 11.3 Å². The van der Waals surface area contributed by atoms with Crippen molar-refractivity contribution < 1.29 is 14.3 Å². The van der Waals surface area contributed by atoms with Crippen LogP contribution in [0.4, 0.5) is 5.69 Å². The summed E-state index contributed by atoms with van der Waals surface area (Å²) in [6.45, 7) is 0.00142. The Morgan fingerprint density at radius 2 is 1.67 bits per heavy atom. The molecule has 0 saturated heterocycles. The van der Waals surface area contributed by atoms with E-state index in [1.807, 2.05) is 42.5 Å². The largest absolute Gasteiger partial charge is 0.477 e. The Kier molecular flexibility index (Phi) is 5.32. The van der Waals surface area contributed by atoms with Crippen LogP contribution >= 0.6 is 11.6 Å². The third-order valence-electron chi connectivity index (χ3n) is 5.41. The number of fused-ring (bicyclic) bond motifs is 1. The predicted molar refractivity (Wildman–Crippen MR) is 126 cm³/mol. The normalized spacial score (nSPS) is 14.9. The van der Waals surface area contributed by atoms with Crippen LogP contribution in [0, 0.1) is 0 Å². The molecule has 33 heavy (non-hydrogen) atoms. The monoisotopic (exact) mass is 458 g/mol. The highest BCUT2D eigenvalue weighted by Gasteiger charge is 2.34. The summed E-state index contributed by atoms with van der Waals surface area (Å²) in [5.41, 5.74) is 8.58. The minimum absolute atomic E-state index is 0.00142. The molecule has 1 aromatic heterocycles. The average Bonchev–Trinajstić information content (AvgIpc) is 3.29. The molecule has 5 rings (SSSR count). The Balaban J connectivity index is 1.63. The van der Waals surface area contributed by atoms with Gasteiger partial charge in [-0.2, -0.15) is 5.10 Å². The maximum Gasteiger partial charge on any atom is 0.277 e. The highest BCUT2D eigenvalue weighted by Crippen LogP contribution is 2.35. The molecule has 8 heteroatoms. The van der Waals surface area contributed by atoms with Crippen molar-refractivity contribution in [2.75, 3.05) is 11.4 Å². The number of amides is 2. The summed E-state index contributed by atoms with van der Waals surface area (Å²) < 4.78 is 7.31. The van der Waals surface area contributed by atoms with E-state index in [0.29, 0.717) is 27.8 Å². The van der Waals surface area contributed by atoms with Gasteiger partial charge in [0.15, 0.2) is 6.10 Å². The number of aromatic nitrogens is 2. The van der Waals surface area contributed by atoms with Crippen molar-refractivity contribution in [2.45, 2.75) is 6.10 Å². The highest BCUT2D eigenvalue weighted by atomic mass is 35.5. The summed E-state index contributed by atoms with van der Waals surface area (Å²) in [7, 11) is 0. The van der Waals surface area contributed by atoms with Gasteiger partial charge in [-0.15, -0.1) is 0 Å². The summed E-state index contributed by atoms with van der Waals surface area (Å²) in [6, 6.07) is 25.4. The van der Waals surface area contributed by atoms with Crippen LogP contribution in [0.2, 0.25) is 5.02 Å². The third-order valence-corrected chi connectivity index (χ3v) is 5.66. The van der Waals surface area contributed by atoms with Crippen molar-refractivity contribution in [3.05, 3.63) is 95.6 Å². The van der Waals surface area contributed by atoms with Gasteiger partial charge in [-0.3, -0.25) is 14.5 Å². The molecule has 0 fully saturated rings. The molecule has 0 aliphatic carbocycles. The van der Waals surface area contributed by atoms with E-state index >= 15 is 0 Å². The molecule has 7 nitrogen and oxygen atoms in total. The van der Waals surface area contributed by atoms with Gasteiger partial charge in [0, 0.05) is 10.6 Å². The van der Waals surface area contributed by atoms with Gasteiger partial charge in [0.25, 0.3) is 11.8 Å². The summed E-state index contributed by atoms with van der Waals surface area (Å²) in [5.74, 6) is -0.543. The lowest BCUT2D eigenvalue weighted by atomic mass is 10.1. The number of para-hydroxylation sites is 3. The van der Waals surface area contributed by atoms with E-state index < -0.39 is 12.0 Å². The van der Waals surface area contributed by atoms with Crippen LogP contribution in [0.5, 0.6) is 5.75 Å². The molecule has 0 radical (unpaired) electrons. The summed E-state index contributed by atoms with van der Waals surface area (Å²) in [5, 5.41) is 5.32.